The normalized spacial score (nSPS) is 17.7. The van der Waals surface area contributed by atoms with Crippen molar-refractivity contribution in [2.75, 3.05) is 18.4 Å². The summed E-state index contributed by atoms with van der Waals surface area (Å²) in [7, 11) is 0. The number of benzene rings is 2. The van der Waals surface area contributed by atoms with Gasteiger partial charge in [0, 0.05) is 34.4 Å². The molecule has 2 aromatic rings. The fourth-order valence-electron chi connectivity index (χ4n) is 3.92. The van der Waals surface area contributed by atoms with Crippen molar-refractivity contribution < 1.29 is 4.79 Å². The average molecular weight is 405 g/mol. The van der Waals surface area contributed by atoms with E-state index in [2.05, 4.69) is 29.3 Å². The van der Waals surface area contributed by atoms with Crippen LogP contribution in [0.5, 0.6) is 0 Å². The molecule has 1 atom stereocenters. The van der Waals surface area contributed by atoms with Gasteiger partial charge in [0.2, 0.25) is 5.91 Å². The van der Waals surface area contributed by atoms with E-state index in [1.807, 2.05) is 32.0 Å². The van der Waals surface area contributed by atoms with Crippen LogP contribution in [0.4, 0.5) is 5.69 Å². The Morgan fingerprint density at radius 1 is 1.15 bits per heavy atom. The lowest BCUT2D eigenvalue weighted by Crippen LogP contribution is -2.40. The molecule has 1 heterocycles. The number of aryl methyl sites for hydroxylation is 3. The fourth-order valence-corrected chi connectivity index (χ4v) is 4.44. The number of hydrogen-bond donors (Lipinski definition) is 1. The maximum absolute atomic E-state index is 12.9. The molecule has 1 saturated heterocycles. The van der Waals surface area contributed by atoms with E-state index < -0.39 is 0 Å². The zero-order valence-corrected chi connectivity index (χ0v) is 17.6. The lowest BCUT2D eigenvalue weighted by molar-refractivity contribution is -0.121. The Labute approximate surface area is 171 Å². The Bertz CT molecular complexity index is 807. The van der Waals surface area contributed by atoms with E-state index in [-0.39, 0.29) is 11.8 Å². The predicted molar refractivity (Wildman–Crippen MR) is 114 cm³/mol. The van der Waals surface area contributed by atoms with Crippen LogP contribution < -0.4 is 5.32 Å². The summed E-state index contributed by atoms with van der Waals surface area (Å²) in [4.78, 5) is 15.2. The molecular formula is C22H26Cl2N2O. The van der Waals surface area contributed by atoms with E-state index in [9.17, 15) is 4.79 Å². The molecule has 0 aliphatic carbocycles. The minimum atomic E-state index is -0.0277. The van der Waals surface area contributed by atoms with Gasteiger partial charge in [0.05, 0.1) is 5.92 Å². The Morgan fingerprint density at radius 3 is 2.41 bits per heavy atom. The van der Waals surface area contributed by atoms with Gasteiger partial charge in [-0.1, -0.05) is 47.0 Å². The van der Waals surface area contributed by atoms with Crippen LogP contribution in [-0.2, 0) is 11.3 Å². The third-order valence-electron chi connectivity index (χ3n) is 5.24. The highest BCUT2D eigenvalue weighted by atomic mass is 35.5. The van der Waals surface area contributed by atoms with Crippen molar-refractivity contribution in [3.8, 4) is 0 Å². The Hall–Kier alpha value is -1.55. The SMILES string of the molecule is Cc1cc(C)c(NC(=O)C2CCCN(Cc3c(Cl)cccc3Cl)C2)c(C)c1. The highest BCUT2D eigenvalue weighted by Crippen LogP contribution is 2.29. The van der Waals surface area contributed by atoms with Crippen molar-refractivity contribution in [2.45, 2.75) is 40.2 Å². The molecule has 5 heteroatoms. The zero-order valence-electron chi connectivity index (χ0n) is 16.1. The summed E-state index contributed by atoms with van der Waals surface area (Å²) in [6, 6.07) is 9.79. The minimum Gasteiger partial charge on any atom is -0.325 e. The van der Waals surface area contributed by atoms with E-state index >= 15 is 0 Å². The van der Waals surface area contributed by atoms with Gasteiger partial charge in [-0.25, -0.2) is 0 Å². The molecule has 0 spiro atoms. The molecule has 3 rings (SSSR count). The van der Waals surface area contributed by atoms with Gasteiger partial charge in [-0.3, -0.25) is 9.69 Å². The van der Waals surface area contributed by atoms with Gasteiger partial charge in [0.15, 0.2) is 0 Å². The van der Waals surface area contributed by atoms with Gasteiger partial charge in [-0.2, -0.15) is 0 Å². The van der Waals surface area contributed by atoms with Gasteiger partial charge in [-0.15, -0.1) is 0 Å². The first-order valence-electron chi connectivity index (χ1n) is 9.39. The molecule has 1 unspecified atom stereocenters. The van der Waals surface area contributed by atoms with Gasteiger partial charge in [0.25, 0.3) is 0 Å². The highest BCUT2D eigenvalue weighted by Gasteiger charge is 2.27. The Balaban J connectivity index is 1.68. The van der Waals surface area contributed by atoms with Crippen LogP contribution >= 0.6 is 23.2 Å². The van der Waals surface area contributed by atoms with Crippen molar-refractivity contribution in [3.05, 3.63) is 62.6 Å². The van der Waals surface area contributed by atoms with Gasteiger partial charge in [-0.05, 0) is 63.4 Å². The minimum absolute atomic E-state index is 0.0277. The number of halogens is 2. The summed E-state index contributed by atoms with van der Waals surface area (Å²) < 4.78 is 0. The van der Waals surface area contributed by atoms with Gasteiger partial charge >= 0.3 is 0 Å². The second kappa shape index (κ2) is 8.64. The average Bonchev–Trinajstić information content (AvgIpc) is 2.61. The van der Waals surface area contributed by atoms with Crippen LogP contribution in [0.25, 0.3) is 0 Å². The van der Waals surface area contributed by atoms with E-state index in [0.717, 1.165) is 48.3 Å². The molecule has 0 radical (unpaired) electrons. The summed E-state index contributed by atoms with van der Waals surface area (Å²) in [5.41, 5.74) is 5.31. The Morgan fingerprint density at radius 2 is 1.78 bits per heavy atom. The molecule has 2 aromatic carbocycles. The van der Waals surface area contributed by atoms with Crippen molar-refractivity contribution in [1.82, 2.24) is 4.90 Å². The number of nitrogens with one attached hydrogen (secondary N) is 1. The fraction of sp³-hybridized carbons (Fsp3) is 0.409. The molecule has 0 saturated carbocycles. The first-order chi connectivity index (χ1) is 12.8. The molecule has 1 N–H and O–H groups in total. The Kier molecular flexibility index (Phi) is 6.46. The van der Waals surface area contributed by atoms with E-state index in [0.29, 0.717) is 16.6 Å². The third-order valence-corrected chi connectivity index (χ3v) is 5.95. The molecule has 0 aromatic heterocycles. The van der Waals surface area contributed by atoms with Crippen LogP contribution in [0.3, 0.4) is 0 Å². The molecule has 27 heavy (non-hydrogen) atoms. The predicted octanol–water partition coefficient (Wildman–Crippen LogP) is 5.77. The maximum Gasteiger partial charge on any atom is 0.228 e. The van der Waals surface area contributed by atoms with Crippen LogP contribution in [-0.4, -0.2) is 23.9 Å². The summed E-state index contributed by atoms with van der Waals surface area (Å²) in [6.07, 6.45) is 1.90. The first kappa shape index (κ1) is 20.2. The standard InChI is InChI=1S/C22H26Cl2N2O/c1-14-10-15(2)21(16(3)11-14)25-22(27)17-6-5-9-26(12-17)13-18-19(23)7-4-8-20(18)24/h4,7-8,10-11,17H,5-6,9,12-13H2,1-3H3,(H,25,27). The number of piperidine rings is 1. The van der Waals surface area contributed by atoms with Gasteiger partial charge in [0.1, 0.15) is 0 Å². The van der Waals surface area contributed by atoms with Crippen LogP contribution in [0.15, 0.2) is 30.3 Å². The maximum atomic E-state index is 12.9. The number of carbonyl (C=O) groups is 1. The van der Waals surface area contributed by atoms with Crippen molar-refractivity contribution in [2.24, 2.45) is 5.92 Å². The van der Waals surface area contributed by atoms with Crippen LogP contribution in [0.2, 0.25) is 10.0 Å². The van der Waals surface area contributed by atoms with Crippen molar-refractivity contribution in [1.29, 1.82) is 0 Å². The monoisotopic (exact) mass is 404 g/mol. The summed E-state index contributed by atoms with van der Waals surface area (Å²) in [6.45, 7) is 8.50. The molecular weight excluding hydrogens is 379 g/mol. The number of anilines is 1. The second-order valence-electron chi connectivity index (χ2n) is 7.54. The van der Waals surface area contributed by atoms with Crippen LogP contribution in [0, 0.1) is 26.7 Å². The number of nitrogens with zero attached hydrogens (tertiary/aromatic N) is 1. The number of amides is 1. The molecule has 0 bridgehead atoms. The third kappa shape index (κ3) is 4.84. The van der Waals surface area contributed by atoms with E-state index in [4.69, 9.17) is 23.2 Å². The largest absolute Gasteiger partial charge is 0.325 e. The lowest BCUT2D eigenvalue weighted by Gasteiger charge is -2.32. The molecule has 1 fully saturated rings. The quantitative estimate of drug-likeness (QED) is 0.701. The molecule has 1 amide bonds. The molecule has 144 valence electrons. The van der Waals surface area contributed by atoms with Gasteiger partial charge < -0.3 is 5.32 Å². The first-order valence-corrected chi connectivity index (χ1v) is 10.1. The van der Waals surface area contributed by atoms with Crippen LogP contribution in [0.1, 0.15) is 35.1 Å². The molecule has 1 aliphatic heterocycles. The second-order valence-corrected chi connectivity index (χ2v) is 8.35. The van der Waals surface area contributed by atoms with E-state index in [1.54, 1.807) is 0 Å². The lowest BCUT2D eigenvalue weighted by atomic mass is 9.96. The molecule has 3 nitrogen and oxygen atoms in total. The van der Waals surface area contributed by atoms with E-state index in [1.165, 1.54) is 5.56 Å². The number of hydrogen-bond acceptors (Lipinski definition) is 2. The highest BCUT2D eigenvalue weighted by molar-refractivity contribution is 6.35. The topological polar surface area (TPSA) is 32.3 Å². The number of rotatable bonds is 4. The number of likely N-dealkylation sites (tertiary alicyclic amines) is 1. The summed E-state index contributed by atoms with van der Waals surface area (Å²) in [5, 5.41) is 4.53. The smallest absolute Gasteiger partial charge is 0.228 e. The molecule has 1 aliphatic rings. The number of carbonyl (C=O) groups excluding carboxylic acids is 1. The zero-order chi connectivity index (χ0) is 19.6. The van der Waals surface area contributed by atoms with Crippen molar-refractivity contribution >= 4 is 34.8 Å². The van der Waals surface area contributed by atoms with Crippen molar-refractivity contribution in [3.63, 3.8) is 0 Å². The summed E-state index contributed by atoms with van der Waals surface area (Å²) in [5.74, 6) is 0.0696. The summed E-state index contributed by atoms with van der Waals surface area (Å²) >= 11 is 12.6.